The summed E-state index contributed by atoms with van der Waals surface area (Å²) < 4.78 is 35.0. The number of hydrogen-bond donors (Lipinski definition) is 1. The van der Waals surface area contributed by atoms with E-state index in [0.717, 1.165) is 12.8 Å². The van der Waals surface area contributed by atoms with Gasteiger partial charge in [0.1, 0.15) is 5.75 Å². The summed E-state index contributed by atoms with van der Waals surface area (Å²) in [6, 6.07) is 6.66. The lowest BCUT2D eigenvalue weighted by Gasteiger charge is -2.36. The van der Waals surface area contributed by atoms with Crippen LogP contribution >= 0.6 is 0 Å². The molecule has 1 N–H and O–H groups in total. The lowest BCUT2D eigenvalue weighted by Crippen LogP contribution is -2.42. The second-order valence-corrected chi connectivity index (χ2v) is 5.75. The zero-order valence-electron chi connectivity index (χ0n) is 11.1. The Morgan fingerprint density at radius 2 is 1.90 bits per heavy atom. The number of hydrogen-bond acceptors (Lipinski definition) is 3. The Hall–Kier alpha value is -1.20. The molecule has 1 aromatic rings. The first kappa shape index (κ1) is 13.8. The van der Waals surface area contributed by atoms with Gasteiger partial charge in [0.2, 0.25) is 0 Å². The molecule has 2 fully saturated rings. The molecule has 0 radical (unpaired) electrons. The average molecular weight is 284 g/mol. The lowest BCUT2D eigenvalue weighted by molar-refractivity contribution is -0.111. The van der Waals surface area contributed by atoms with Crippen molar-refractivity contribution in [3.8, 4) is 5.75 Å². The molecule has 0 saturated carbocycles. The highest BCUT2D eigenvalue weighted by atomic mass is 19.3. The average Bonchev–Trinajstić information content (AvgIpc) is 2.71. The molecular weight excluding hydrogens is 266 g/mol. The van der Waals surface area contributed by atoms with Gasteiger partial charge >= 0.3 is 6.61 Å². The van der Waals surface area contributed by atoms with E-state index in [1.54, 1.807) is 18.2 Å². The maximum absolute atomic E-state index is 12.4. The molecule has 1 aromatic carbocycles. The summed E-state index contributed by atoms with van der Waals surface area (Å²) >= 11 is 0. The molecular formula is C15H18F2O3. The number of aliphatic hydroxyl groups is 1. The van der Waals surface area contributed by atoms with Crippen LogP contribution < -0.4 is 4.74 Å². The number of ether oxygens (including phenoxy) is 2. The van der Waals surface area contributed by atoms with Gasteiger partial charge in [0.25, 0.3) is 0 Å². The first-order chi connectivity index (χ1) is 9.54. The predicted octanol–water partition coefficient (Wildman–Crippen LogP) is 2.90. The van der Waals surface area contributed by atoms with Crippen molar-refractivity contribution in [2.24, 2.45) is 0 Å². The summed E-state index contributed by atoms with van der Waals surface area (Å²) in [6.45, 7) is -2.85. The van der Waals surface area contributed by atoms with Gasteiger partial charge in [-0.05, 0) is 24.5 Å². The molecule has 3 rings (SSSR count). The van der Waals surface area contributed by atoms with Crippen LogP contribution in [0.5, 0.6) is 5.75 Å². The van der Waals surface area contributed by atoms with Crippen molar-refractivity contribution in [1.82, 2.24) is 0 Å². The monoisotopic (exact) mass is 284 g/mol. The normalized spacial score (nSPS) is 32.6. The third kappa shape index (κ3) is 2.94. The predicted molar refractivity (Wildman–Crippen MR) is 68.9 cm³/mol. The Morgan fingerprint density at radius 3 is 2.55 bits per heavy atom. The molecule has 2 heterocycles. The van der Waals surface area contributed by atoms with Gasteiger partial charge in [-0.25, -0.2) is 0 Å². The van der Waals surface area contributed by atoms with Gasteiger partial charge in [-0.1, -0.05) is 18.2 Å². The minimum atomic E-state index is -2.85. The summed E-state index contributed by atoms with van der Waals surface area (Å²) in [5, 5.41) is 10.7. The van der Waals surface area contributed by atoms with Crippen LogP contribution in [-0.2, 0) is 11.2 Å². The summed E-state index contributed by atoms with van der Waals surface area (Å²) in [6.07, 6.45) is 3.60. The molecule has 2 unspecified atom stereocenters. The Morgan fingerprint density at radius 1 is 1.25 bits per heavy atom. The molecule has 2 bridgehead atoms. The van der Waals surface area contributed by atoms with Crippen molar-refractivity contribution in [2.75, 3.05) is 0 Å². The molecule has 20 heavy (non-hydrogen) atoms. The maximum atomic E-state index is 12.4. The minimum absolute atomic E-state index is 0.0990. The number of para-hydroxylation sites is 1. The van der Waals surface area contributed by atoms with Crippen LogP contribution in [0.15, 0.2) is 24.3 Å². The first-order valence-corrected chi connectivity index (χ1v) is 6.95. The van der Waals surface area contributed by atoms with Gasteiger partial charge < -0.3 is 14.6 Å². The third-order valence-electron chi connectivity index (χ3n) is 4.12. The van der Waals surface area contributed by atoms with E-state index in [-0.39, 0.29) is 18.0 Å². The summed E-state index contributed by atoms with van der Waals surface area (Å²) in [5.41, 5.74) is -0.261. The number of fused-ring (bicyclic) bond motifs is 2. The summed E-state index contributed by atoms with van der Waals surface area (Å²) in [7, 11) is 0. The van der Waals surface area contributed by atoms with E-state index >= 15 is 0 Å². The maximum Gasteiger partial charge on any atom is 0.387 e. The molecule has 3 nitrogen and oxygen atoms in total. The van der Waals surface area contributed by atoms with E-state index in [0.29, 0.717) is 24.8 Å². The summed E-state index contributed by atoms with van der Waals surface area (Å²) in [4.78, 5) is 0. The van der Waals surface area contributed by atoms with Gasteiger partial charge in [-0.3, -0.25) is 0 Å². The van der Waals surface area contributed by atoms with Gasteiger partial charge in [0.15, 0.2) is 0 Å². The molecule has 2 atom stereocenters. The standard InChI is InChI=1S/C15H18F2O3/c16-14(17)20-13-4-2-1-3-10(13)7-15(18)8-11-5-6-12(9-15)19-11/h1-4,11-12,14,18H,5-9H2. The Balaban J connectivity index is 1.77. The minimum Gasteiger partial charge on any atom is -0.435 e. The molecule has 2 aliphatic heterocycles. The lowest BCUT2D eigenvalue weighted by atomic mass is 9.84. The molecule has 2 saturated heterocycles. The van der Waals surface area contributed by atoms with Crippen molar-refractivity contribution >= 4 is 0 Å². The van der Waals surface area contributed by atoms with Crippen molar-refractivity contribution in [3.63, 3.8) is 0 Å². The number of halogens is 2. The highest BCUT2D eigenvalue weighted by Crippen LogP contribution is 2.41. The smallest absolute Gasteiger partial charge is 0.387 e. The highest BCUT2D eigenvalue weighted by molar-refractivity contribution is 5.34. The third-order valence-corrected chi connectivity index (χ3v) is 4.12. The molecule has 0 spiro atoms. The fourth-order valence-corrected chi connectivity index (χ4v) is 3.37. The second-order valence-electron chi connectivity index (χ2n) is 5.75. The van der Waals surface area contributed by atoms with E-state index in [9.17, 15) is 13.9 Å². The van der Waals surface area contributed by atoms with E-state index < -0.39 is 12.2 Å². The van der Waals surface area contributed by atoms with Crippen LogP contribution in [-0.4, -0.2) is 29.5 Å². The van der Waals surface area contributed by atoms with Crippen molar-refractivity contribution < 1.29 is 23.4 Å². The van der Waals surface area contributed by atoms with Crippen LogP contribution in [0.2, 0.25) is 0 Å². The van der Waals surface area contributed by atoms with E-state index in [4.69, 9.17) is 4.74 Å². The largest absolute Gasteiger partial charge is 0.435 e. The molecule has 0 amide bonds. The second kappa shape index (κ2) is 5.30. The first-order valence-electron chi connectivity index (χ1n) is 6.95. The molecule has 2 aliphatic rings. The van der Waals surface area contributed by atoms with Gasteiger partial charge in [0, 0.05) is 19.3 Å². The zero-order valence-corrected chi connectivity index (χ0v) is 11.1. The molecule has 110 valence electrons. The SMILES string of the molecule is OC1(Cc2ccccc2OC(F)F)CC2CCC(C1)O2. The Bertz CT molecular complexity index is 466. The Kier molecular flexibility index (Phi) is 3.65. The Labute approximate surface area is 116 Å². The molecule has 5 heteroatoms. The van der Waals surface area contributed by atoms with E-state index in [1.807, 2.05) is 0 Å². The van der Waals surface area contributed by atoms with E-state index in [1.165, 1.54) is 6.07 Å². The van der Waals surface area contributed by atoms with Crippen molar-refractivity contribution in [2.45, 2.75) is 56.5 Å². The molecule has 0 aromatic heterocycles. The fraction of sp³-hybridized carbons (Fsp3) is 0.600. The van der Waals surface area contributed by atoms with Crippen LogP contribution in [0.4, 0.5) is 8.78 Å². The highest BCUT2D eigenvalue weighted by Gasteiger charge is 2.43. The van der Waals surface area contributed by atoms with Crippen LogP contribution in [0.3, 0.4) is 0 Å². The number of alkyl halides is 2. The van der Waals surface area contributed by atoms with E-state index in [2.05, 4.69) is 4.74 Å². The van der Waals surface area contributed by atoms with Crippen molar-refractivity contribution in [3.05, 3.63) is 29.8 Å². The van der Waals surface area contributed by atoms with Crippen molar-refractivity contribution in [1.29, 1.82) is 0 Å². The number of benzene rings is 1. The van der Waals surface area contributed by atoms with Crippen LogP contribution in [0.1, 0.15) is 31.2 Å². The quantitative estimate of drug-likeness (QED) is 0.924. The summed E-state index contributed by atoms with van der Waals surface area (Å²) in [5.74, 6) is 0.148. The van der Waals surface area contributed by atoms with Gasteiger partial charge in [-0.15, -0.1) is 0 Å². The molecule has 0 aliphatic carbocycles. The van der Waals surface area contributed by atoms with Crippen LogP contribution in [0.25, 0.3) is 0 Å². The van der Waals surface area contributed by atoms with Crippen LogP contribution in [0, 0.1) is 0 Å². The van der Waals surface area contributed by atoms with Gasteiger partial charge in [-0.2, -0.15) is 8.78 Å². The number of rotatable bonds is 4. The zero-order chi connectivity index (χ0) is 14.2. The van der Waals surface area contributed by atoms with Gasteiger partial charge in [0.05, 0.1) is 17.8 Å². The fourth-order valence-electron chi connectivity index (χ4n) is 3.37. The topological polar surface area (TPSA) is 38.7 Å².